The minimum atomic E-state index is -3.32. The molecule has 0 saturated heterocycles. The fourth-order valence-corrected chi connectivity index (χ4v) is 2.78. The Kier molecular flexibility index (Phi) is 4.57. The van der Waals surface area contributed by atoms with Crippen LogP contribution >= 0.6 is 0 Å². The molecule has 0 aliphatic heterocycles. The van der Waals surface area contributed by atoms with E-state index in [2.05, 4.69) is 5.32 Å². The number of halogens is 2. The Hall–Kier alpha value is -1.95. The number of anilines is 1. The average Bonchev–Trinajstić information content (AvgIpc) is 2.45. The fraction of sp³-hybridized carbons (Fsp3) is 0.200. The Morgan fingerprint density at radius 3 is 2.24 bits per heavy atom. The first kappa shape index (κ1) is 15.4. The van der Waals surface area contributed by atoms with Gasteiger partial charge in [-0.15, -0.1) is 0 Å². The lowest BCUT2D eigenvalue weighted by atomic mass is 10.1. The van der Waals surface area contributed by atoms with Crippen molar-refractivity contribution in [1.29, 1.82) is 0 Å². The first-order valence-electron chi connectivity index (χ1n) is 6.28. The standard InChI is InChI=1S/C15H15F2NO2S/c1-21(19,20)14-5-3-2-4-13(14)18-10-11-6-8-12(9-7-11)15(16)17/h2-9,15,18H,10H2,1H3. The second-order valence-electron chi connectivity index (χ2n) is 4.66. The van der Waals surface area contributed by atoms with Gasteiger partial charge in [-0.1, -0.05) is 36.4 Å². The number of nitrogens with one attached hydrogen (secondary N) is 1. The van der Waals surface area contributed by atoms with Gasteiger partial charge in [0.25, 0.3) is 6.43 Å². The molecule has 0 radical (unpaired) electrons. The van der Waals surface area contributed by atoms with E-state index in [4.69, 9.17) is 0 Å². The van der Waals surface area contributed by atoms with E-state index in [-0.39, 0.29) is 10.5 Å². The maximum atomic E-state index is 12.5. The zero-order valence-corrected chi connectivity index (χ0v) is 12.2. The van der Waals surface area contributed by atoms with Crippen LogP contribution in [0, 0.1) is 0 Å². The van der Waals surface area contributed by atoms with Crippen LogP contribution in [-0.2, 0) is 16.4 Å². The summed E-state index contributed by atoms with van der Waals surface area (Å²) in [6, 6.07) is 12.5. The van der Waals surface area contributed by atoms with E-state index in [9.17, 15) is 17.2 Å². The molecule has 0 spiro atoms. The Bertz CT molecular complexity index is 713. The van der Waals surface area contributed by atoms with Gasteiger partial charge in [-0.05, 0) is 17.7 Å². The van der Waals surface area contributed by atoms with Gasteiger partial charge in [0.05, 0.1) is 10.6 Å². The molecule has 2 aromatic carbocycles. The third-order valence-corrected chi connectivity index (χ3v) is 4.16. The third kappa shape index (κ3) is 4.01. The summed E-state index contributed by atoms with van der Waals surface area (Å²) in [6.07, 6.45) is -1.34. The monoisotopic (exact) mass is 311 g/mol. The minimum absolute atomic E-state index is 0.0321. The van der Waals surface area contributed by atoms with Crippen molar-refractivity contribution in [2.45, 2.75) is 17.9 Å². The number of benzene rings is 2. The van der Waals surface area contributed by atoms with Crippen molar-refractivity contribution in [3.63, 3.8) is 0 Å². The third-order valence-electron chi connectivity index (χ3n) is 3.00. The predicted molar refractivity (Wildman–Crippen MR) is 78.3 cm³/mol. The van der Waals surface area contributed by atoms with Gasteiger partial charge in [0.2, 0.25) is 0 Å². The highest BCUT2D eigenvalue weighted by Gasteiger charge is 2.12. The summed E-state index contributed by atoms with van der Waals surface area (Å²) in [7, 11) is -3.32. The van der Waals surface area contributed by atoms with Crippen molar-refractivity contribution < 1.29 is 17.2 Å². The molecule has 0 aliphatic carbocycles. The van der Waals surface area contributed by atoms with Crippen molar-refractivity contribution in [1.82, 2.24) is 0 Å². The Morgan fingerprint density at radius 2 is 1.67 bits per heavy atom. The van der Waals surface area contributed by atoms with Crippen LogP contribution in [0.25, 0.3) is 0 Å². The van der Waals surface area contributed by atoms with Crippen molar-refractivity contribution in [3.05, 3.63) is 59.7 Å². The van der Waals surface area contributed by atoms with Crippen molar-refractivity contribution in [2.75, 3.05) is 11.6 Å². The second-order valence-corrected chi connectivity index (χ2v) is 6.65. The van der Waals surface area contributed by atoms with Crippen molar-refractivity contribution in [2.24, 2.45) is 0 Å². The summed E-state index contributed by atoms with van der Waals surface area (Å²) in [6.45, 7) is 0.357. The maximum absolute atomic E-state index is 12.5. The van der Waals surface area contributed by atoms with Crippen molar-refractivity contribution >= 4 is 15.5 Å². The van der Waals surface area contributed by atoms with Gasteiger partial charge in [-0.2, -0.15) is 0 Å². The summed E-state index contributed by atoms with van der Waals surface area (Å²) in [5.74, 6) is 0. The van der Waals surface area contributed by atoms with E-state index in [0.717, 1.165) is 11.8 Å². The molecule has 0 heterocycles. The van der Waals surface area contributed by atoms with E-state index >= 15 is 0 Å². The van der Waals surface area contributed by atoms with E-state index < -0.39 is 16.3 Å². The summed E-state index contributed by atoms with van der Waals surface area (Å²) in [4.78, 5) is 0.217. The summed E-state index contributed by atoms with van der Waals surface area (Å²) in [5.41, 5.74) is 1.26. The lowest BCUT2D eigenvalue weighted by Crippen LogP contribution is -2.06. The highest BCUT2D eigenvalue weighted by molar-refractivity contribution is 7.90. The normalized spacial score (nSPS) is 11.6. The van der Waals surface area contributed by atoms with E-state index in [0.29, 0.717) is 12.2 Å². The van der Waals surface area contributed by atoms with E-state index in [1.54, 1.807) is 30.3 Å². The molecule has 0 amide bonds. The van der Waals surface area contributed by atoms with Gasteiger partial charge in [0, 0.05) is 18.4 Å². The number of hydrogen-bond donors (Lipinski definition) is 1. The summed E-state index contributed by atoms with van der Waals surface area (Å²) < 4.78 is 48.2. The average molecular weight is 311 g/mol. The van der Waals surface area contributed by atoms with Crippen LogP contribution in [0.5, 0.6) is 0 Å². The molecule has 0 fully saturated rings. The Balaban J connectivity index is 2.14. The summed E-state index contributed by atoms with van der Waals surface area (Å²) >= 11 is 0. The smallest absolute Gasteiger partial charge is 0.263 e. The molecule has 112 valence electrons. The Morgan fingerprint density at radius 1 is 1.05 bits per heavy atom. The number of hydrogen-bond acceptors (Lipinski definition) is 3. The van der Waals surface area contributed by atoms with Crippen LogP contribution in [0.3, 0.4) is 0 Å². The first-order valence-corrected chi connectivity index (χ1v) is 8.17. The van der Waals surface area contributed by atoms with Crippen molar-refractivity contribution in [3.8, 4) is 0 Å². The first-order chi connectivity index (χ1) is 9.88. The van der Waals surface area contributed by atoms with E-state index in [1.807, 2.05) is 0 Å². The molecule has 1 N–H and O–H groups in total. The molecular formula is C15H15F2NO2S. The lowest BCUT2D eigenvalue weighted by Gasteiger charge is -2.11. The van der Waals surface area contributed by atoms with Gasteiger partial charge < -0.3 is 5.32 Å². The van der Waals surface area contributed by atoms with Crippen LogP contribution in [0.15, 0.2) is 53.4 Å². The fourth-order valence-electron chi connectivity index (χ4n) is 1.91. The molecule has 0 saturated carbocycles. The Labute approximate surface area is 122 Å². The minimum Gasteiger partial charge on any atom is -0.380 e. The highest BCUT2D eigenvalue weighted by atomic mass is 32.2. The maximum Gasteiger partial charge on any atom is 0.263 e. The molecule has 21 heavy (non-hydrogen) atoms. The highest BCUT2D eigenvalue weighted by Crippen LogP contribution is 2.22. The number of sulfone groups is 1. The molecule has 2 aromatic rings. The predicted octanol–water partition coefficient (Wildman–Crippen LogP) is 3.64. The molecule has 0 aliphatic rings. The molecule has 6 heteroatoms. The van der Waals surface area contributed by atoms with Crippen LogP contribution in [0.1, 0.15) is 17.6 Å². The van der Waals surface area contributed by atoms with Crippen LogP contribution in [0.2, 0.25) is 0 Å². The largest absolute Gasteiger partial charge is 0.380 e. The van der Waals surface area contributed by atoms with Gasteiger partial charge >= 0.3 is 0 Å². The lowest BCUT2D eigenvalue weighted by molar-refractivity contribution is 0.151. The zero-order valence-electron chi connectivity index (χ0n) is 11.4. The number of para-hydroxylation sites is 1. The van der Waals surface area contributed by atoms with Gasteiger partial charge in [-0.3, -0.25) is 0 Å². The molecule has 0 aromatic heterocycles. The topological polar surface area (TPSA) is 46.2 Å². The number of alkyl halides is 2. The SMILES string of the molecule is CS(=O)(=O)c1ccccc1NCc1ccc(C(F)F)cc1. The van der Waals surface area contributed by atoms with Gasteiger partial charge in [0.1, 0.15) is 0 Å². The van der Waals surface area contributed by atoms with Crippen LogP contribution < -0.4 is 5.32 Å². The summed E-state index contributed by atoms with van der Waals surface area (Å²) in [5, 5.41) is 3.02. The van der Waals surface area contributed by atoms with Gasteiger partial charge in [-0.25, -0.2) is 17.2 Å². The number of rotatable bonds is 5. The molecule has 2 rings (SSSR count). The van der Waals surface area contributed by atoms with Crippen LogP contribution in [-0.4, -0.2) is 14.7 Å². The second kappa shape index (κ2) is 6.22. The van der Waals surface area contributed by atoms with E-state index in [1.165, 1.54) is 18.2 Å². The molecule has 0 bridgehead atoms. The molecule has 0 atom stereocenters. The van der Waals surface area contributed by atoms with Gasteiger partial charge in [0.15, 0.2) is 9.84 Å². The van der Waals surface area contributed by atoms with Crippen LogP contribution in [0.4, 0.5) is 14.5 Å². The molecular weight excluding hydrogens is 296 g/mol. The molecule has 3 nitrogen and oxygen atoms in total. The quantitative estimate of drug-likeness (QED) is 0.917. The molecule has 0 unspecified atom stereocenters. The zero-order chi connectivity index (χ0) is 15.5.